The second kappa shape index (κ2) is 14.7. The van der Waals surface area contributed by atoms with Crippen molar-refractivity contribution in [2.24, 2.45) is 0 Å². The number of nitro benzene ring substituents is 1. The van der Waals surface area contributed by atoms with Crippen molar-refractivity contribution in [1.82, 2.24) is 10.0 Å². The highest BCUT2D eigenvalue weighted by Crippen LogP contribution is 2.30. The van der Waals surface area contributed by atoms with Gasteiger partial charge in [-0.1, -0.05) is 54.6 Å². The number of nitrogens with one attached hydrogen (secondary N) is 2. The third-order valence-electron chi connectivity index (χ3n) is 6.05. The molecule has 3 aromatic rings. The van der Waals surface area contributed by atoms with Crippen molar-refractivity contribution >= 4 is 33.6 Å². The summed E-state index contributed by atoms with van der Waals surface area (Å²) in [5.74, 6) is -5.01. The Labute approximate surface area is 241 Å². The van der Waals surface area contributed by atoms with Crippen molar-refractivity contribution in [3.8, 4) is 5.75 Å². The molecule has 222 valence electrons. The number of nitro groups is 1. The maximum Gasteiger partial charge on any atom is 0.356 e. The number of rotatable bonds is 16. The Morgan fingerprint density at radius 1 is 0.881 bits per heavy atom. The third-order valence-corrected chi connectivity index (χ3v) is 7.54. The molecule has 13 nitrogen and oxygen atoms in total. The summed E-state index contributed by atoms with van der Waals surface area (Å²) in [5, 5.41) is 32.5. The summed E-state index contributed by atoms with van der Waals surface area (Å²) in [6, 6.07) is 18.9. The number of nitrogens with zero attached hydrogens (tertiary/aromatic N) is 1. The molecule has 1 amide bonds. The van der Waals surface area contributed by atoms with Crippen LogP contribution < -0.4 is 14.8 Å². The standard InChI is InChI=1S/C28H29N3O10S/c32-26(29-16-8-7-11-19-9-3-1-4-10-19)22(30-42(39,40)21-12-5-2-6-13-21)17-20-14-15-24(23(18-20)31(37)38)41-25(27(33)34)28(35)36/h1-6,9-10,12-15,18,22,25,30H,7-8,11,16-17H2,(H,29,32)(H,33,34)(H,35,36). The van der Waals surface area contributed by atoms with Crippen LogP contribution in [-0.2, 0) is 37.2 Å². The number of aliphatic carboxylic acids is 2. The summed E-state index contributed by atoms with van der Waals surface area (Å²) in [6.07, 6.45) is -0.530. The van der Waals surface area contributed by atoms with E-state index < -0.39 is 56.4 Å². The van der Waals surface area contributed by atoms with E-state index in [1.165, 1.54) is 30.3 Å². The number of unbranched alkanes of at least 4 members (excludes halogenated alkanes) is 1. The molecule has 0 aliphatic carbocycles. The highest BCUT2D eigenvalue weighted by molar-refractivity contribution is 7.89. The summed E-state index contributed by atoms with van der Waals surface area (Å²) < 4.78 is 33.2. The van der Waals surface area contributed by atoms with Gasteiger partial charge in [0, 0.05) is 12.6 Å². The van der Waals surface area contributed by atoms with E-state index in [0.717, 1.165) is 30.5 Å². The number of ether oxygens (including phenoxy) is 1. The average molecular weight is 600 g/mol. The zero-order chi connectivity index (χ0) is 30.7. The molecule has 3 rings (SSSR count). The zero-order valence-electron chi connectivity index (χ0n) is 22.2. The Balaban J connectivity index is 1.79. The lowest BCUT2D eigenvalue weighted by Gasteiger charge is -2.19. The minimum Gasteiger partial charge on any atom is -0.478 e. The Kier molecular flexibility index (Phi) is 11.1. The zero-order valence-corrected chi connectivity index (χ0v) is 23.0. The molecule has 0 fully saturated rings. The fraction of sp³-hybridized carbons (Fsp3) is 0.250. The average Bonchev–Trinajstić information content (AvgIpc) is 2.96. The molecule has 0 radical (unpaired) electrons. The molecule has 42 heavy (non-hydrogen) atoms. The number of carboxylic acids is 2. The monoisotopic (exact) mass is 599 g/mol. The quantitative estimate of drug-likeness (QED) is 0.0820. The molecule has 0 aliphatic rings. The Bertz CT molecular complexity index is 1500. The largest absolute Gasteiger partial charge is 0.478 e. The molecule has 0 saturated heterocycles. The van der Waals surface area contributed by atoms with E-state index in [2.05, 4.69) is 10.0 Å². The number of sulfonamides is 1. The predicted octanol–water partition coefficient (Wildman–Crippen LogP) is 2.54. The van der Waals surface area contributed by atoms with E-state index in [1.807, 2.05) is 30.3 Å². The van der Waals surface area contributed by atoms with Crippen LogP contribution in [0, 0.1) is 10.1 Å². The van der Waals surface area contributed by atoms with Crippen molar-refractivity contribution in [1.29, 1.82) is 0 Å². The van der Waals surface area contributed by atoms with Gasteiger partial charge in [0.15, 0.2) is 5.75 Å². The highest BCUT2D eigenvalue weighted by atomic mass is 32.2. The highest BCUT2D eigenvalue weighted by Gasteiger charge is 2.32. The number of carboxylic acid groups (broad SMARTS) is 2. The molecule has 0 aromatic heterocycles. The Hall–Kier alpha value is -4.82. The van der Waals surface area contributed by atoms with Gasteiger partial charge in [0.2, 0.25) is 15.9 Å². The fourth-order valence-corrected chi connectivity index (χ4v) is 5.19. The van der Waals surface area contributed by atoms with Crippen LogP contribution in [0.2, 0.25) is 0 Å². The first-order valence-corrected chi connectivity index (χ1v) is 14.2. The van der Waals surface area contributed by atoms with Crippen LogP contribution >= 0.6 is 0 Å². The summed E-state index contributed by atoms with van der Waals surface area (Å²) in [4.78, 5) is 46.2. The van der Waals surface area contributed by atoms with E-state index in [-0.39, 0.29) is 23.4 Å². The van der Waals surface area contributed by atoms with Crippen molar-refractivity contribution in [2.45, 2.75) is 42.7 Å². The first kappa shape index (κ1) is 31.7. The molecule has 0 spiro atoms. The van der Waals surface area contributed by atoms with E-state index >= 15 is 0 Å². The lowest BCUT2D eigenvalue weighted by atomic mass is 10.0. The van der Waals surface area contributed by atoms with Crippen LogP contribution in [0.3, 0.4) is 0 Å². The van der Waals surface area contributed by atoms with Crippen molar-refractivity contribution in [3.05, 3.63) is 100 Å². The number of hydrogen-bond donors (Lipinski definition) is 4. The van der Waals surface area contributed by atoms with Crippen molar-refractivity contribution in [2.75, 3.05) is 6.54 Å². The van der Waals surface area contributed by atoms with Crippen LogP contribution in [0.4, 0.5) is 5.69 Å². The number of amides is 1. The molecule has 0 saturated carbocycles. The van der Waals surface area contributed by atoms with Crippen molar-refractivity contribution < 1.29 is 42.7 Å². The second-order valence-electron chi connectivity index (χ2n) is 9.16. The summed E-state index contributed by atoms with van der Waals surface area (Å²) in [5.41, 5.74) is 0.520. The van der Waals surface area contributed by atoms with Crippen LogP contribution in [0.25, 0.3) is 0 Å². The van der Waals surface area contributed by atoms with Crippen molar-refractivity contribution in [3.63, 3.8) is 0 Å². The Morgan fingerprint density at radius 3 is 2.10 bits per heavy atom. The lowest BCUT2D eigenvalue weighted by molar-refractivity contribution is -0.386. The van der Waals surface area contributed by atoms with Crippen LogP contribution in [0.5, 0.6) is 5.75 Å². The number of carbonyl (C=O) groups is 3. The smallest absolute Gasteiger partial charge is 0.356 e. The van der Waals surface area contributed by atoms with Gasteiger partial charge in [-0.25, -0.2) is 18.0 Å². The van der Waals surface area contributed by atoms with Gasteiger partial charge in [-0.3, -0.25) is 14.9 Å². The maximum absolute atomic E-state index is 13.1. The molecule has 14 heteroatoms. The summed E-state index contributed by atoms with van der Waals surface area (Å²) in [6.45, 7) is 0.258. The molecule has 1 unspecified atom stereocenters. The molecule has 4 N–H and O–H groups in total. The van der Waals surface area contributed by atoms with Crippen LogP contribution in [0.1, 0.15) is 24.0 Å². The predicted molar refractivity (Wildman–Crippen MR) is 149 cm³/mol. The molecule has 0 heterocycles. The number of aryl methyl sites for hydroxylation is 1. The number of benzene rings is 3. The first-order valence-electron chi connectivity index (χ1n) is 12.8. The minimum absolute atomic E-state index is 0.0891. The van der Waals surface area contributed by atoms with Gasteiger partial charge in [0.1, 0.15) is 6.04 Å². The van der Waals surface area contributed by atoms with Gasteiger partial charge in [-0.05, 0) is 55.0 Å². The number of hydrogen-bond acceptors (Lipinski definition) is 8. The van der Waals surface area contributed by atoms with E-state index in [9.17, 15) is 32.9 Å². The molecule has 0 aliphatic heterocycles. The first-order chi connectivity index (χ1) is 20.0. The van der Waals surface area contributed by atoms with Gasteiger partial charge in [-0.2, -0.15) is 4.72 Å². The SMILES string of the molecule is O=C(NCCCCc1ccccc1)C(Cc1ccc(OC(C(=O)O)C(=O)O)c([N+](=O)[O-])c1)NS(=O)(=O)c1ccccc1. The third kappa shape index (κ3) is 9.11. The summed E-state index contributed by atoms with van der Waals surface area (Å²) in [7, 11) is -4.17. The maximum atomic E-state index is 13.1. The second-order valence-corrected chi connectivity index (χ2v) is 10.9. The molecule has 1 atom stereocenters. The Morgan fingerprint density at radius 2 is 1.50 bits per heavy atom. The molecule has 0 bridgehead atoms. The summed E-state index contributed by atoms with van der Waals surface area (Å²) >= 11 is 0. The van der Waals surface area contributed by atoms with Gasteiger partial charge in [-0.15, -0.1) is 0 Å². The van der Waals surface area contributed by atoms with Gasteiger partial charge >= 0.3 is 17.6 Å². The normalized spacial score (nSPS) is 11.9. The minimum atomic E-state index is -4.17. The van der Waals surface area contributed by atoms with E-state index in [0.29, 0.717) is 6.42 Å². The van der Waals surface area contributed by atoms with Gasteiger partial charge < -0.3 is 20.3 Å². The lowest BCUT2D eigenvalue weighted by Crippen LogP contribution is -2.48. The fourth-order valence-electron chi connectivity index (χ4n) is 3.98. The topological polar surface area (TPSA) is 202 Å². The van der Waals surface area contributed by atoms with Gasteiger partial charge in [0.05, 0.1) is 9.82 Å². The molecule has 3 aromatic carbocycles. The van der Waals surface area contributed by atoms with Crippen LogP contribution in [0.15, 0.2) is 83.8 Å². The molecular weight excluding hydrogens is 570 g/mol. The van der Waals surface area contributed by atoms with E-state index in [4.69, 9.17) is 14.9 Å². The number of carbonyl (C=O) groups excluding carboxylic acids is 1. The van der Waals surface area contributed by atoms with Crippen LogP contribution in [-0.4, -0.2) is 60.1 Å². The van der Waals surface area contributed by atoms with E-state index in [1.54, 1.807) is 6.07 Å². The van der Waals surface area contributed by atoms with Gasteiger partial charge in [0.25, 0.3) is 6.10 Å². The molecular formula is C28H29N3O10S.